The third-order valence-corrected chi connectivity index (χ3v) is 0. The van der Waals surface area contributed by atoms with E-state index in [1.54, 1.807) is 0 Å². The first-order valence-corrected chi connectivity index (χ1v) is 4.54. The summed E-state index contributed by atoms with van der Waals surface area (Å²) in [5, 5.41) is 0. The zero-order chi connectivity index (χ0) is 4.50. The van der Waals surface area contributed by atoms with Crippen LogP contribution >= 0.6 is 6.29 Å². The van der Waals surface area contributed by atoms with Gasteiger partial charge >= 0.3 is 36.2 Å². The zero-order valence-electron chi connectivity index (χ0n) is 2.12. The van der Waals surface area contributed by atoms with Crippen molar-refractivity contribution < 1.29 is 14.4 Å². The molecule has 0 aliphatic rings. The van der Waals surface area contributed by atoms with E-state index in [2.05, 4.69) is 0 Å². The molecule has 0 saturated heterocycles. The summed E-state index contributed by atoms with van der Waals surface area (Å²) in [6.45, 7) is 0. The molecule has 0 aliphatic carbocycles. The van der Waals surface area contributed by atoms with Crippen LogP contribution in [0.1, 0.15) is 0 Å². The van der Waals surface area contributed by atoms with E-state index < -0.39 is 6.29 Å². The molecule has 0 saturated carbocycles. The molecular formula is HO3PSe-. The first kappa shape index (κ1) is 5.67. The van der Waals surface area contributed by atoms with Gasteiger partial charge in [0.05, 0.1) is 0 Å². The molecule has 0 aliphatic heterocycles. The third kappa shape index (κ3) is 74.2. The van der Waals surface area contributed by atoms with Crippen molar-refractivity contribution in [3.05, 3.63) is 0 Å². The van der Waals surface area contributed by atoms with Crippen molar-refractivity contribution in [2.45, 2.75) is 0 Å². The zero-order valence-corrected chi connectivity index (χ0v) is 4.73. The summed E-state index contributed by atoms with van der Waals surface area (Å²) in [6.07, 6.45) is -4.01. The van der Waals surface area contributed by atoms with Gasteiger partial charge in [-0.3, -0.25) is 0 Å². The van der Waals surface area contributed by atoms with E-state index in [-0.39, 0.29) is 0 Å². The summed E-state index contributed by atoms with van der Waals surface area (Å²) in [5.41, 5.74) is 0. The van der Waals surface area contributed by atoms with Gasteiger partial charge in [-0.25, -0.2) is 0 Å². The van der Waals surface area contributed by atoms with Crippen LogP contribution in [0.25, 0.3) is 0 Å². The van der Waals surface area contributed by atoms with Gasteiger partial charge in [0.15, 0.2) is 0 Å². The van der Waals surface area contributed by atoms with E-state index in [9.17, 15) is 0 Å². The molecule has 0 spiro atoms. The fraction of sp³-hybridized carbons (Fsp3) is 0. The Morgan fingerprint density at radius 2 is 2.00 bits per heavy atom. The van der Waals surface area contributed by atoms with E-state index in [0.717, 1.165) is 0 Å². The topological polar surface area (TPSA) is 60.4 Å². The molecule has 0 bridgehead atoms. The molecule has 1 unspecified atom stereocenters. The van der Waals surface area contributed by atoms with Crippen molar-refractivity contribution in [2.75, 3.05) is 0 Å². The second-order valence-corrected chi connectivity index (χ2v) is 4.31. The van der Waals surface area contributed by atoms with Crippen molar-refractivity contribution in [3.63, 3.8) is 0 Å². The summed E-state index contributed by atoms with van der Waals surface area (Å²) in [6, 6.07) is 0. The number of hydrogen-bond acceptors (Lipinski definition) is 2. The molecule has 5 heteroatoms. The van der Waals surface area contributed by atoms with E-state index in [1.165, 1.54) is 15.6 Å². The van der Waals surface area contributed by atoms with Gasteiger partial charge in [-0.15, -0.1) is 0 Å². The maximum atomic E-state index is 9.16. The second-order valence-electron chi connectivity index (χ2n) is 0.469. The van der Waals surface area contributed by atoms with Crippen molar-refractivity contribution in [2.24, 2.45) is 0 Å². The van der Waals surface area contributed by atoms with Crippen LogP contribution in [0, 0.1) is 0 Å². The quantitative estimate of drug-likeness (QED) is 0.349. The van der Waals surface area contributed by atoms with Crippen LogP contribution < -0.4 is 4.89 Å². The van der Waals surface area contributed by atoms with E-state index in [0.29, 0.717) is 0 Å². The number of hydrogen-bond donors (Lipinski definition) is 1. The molecule has 5 heavy (non-hydrogen) atoms. The van der Waals surface area contributed by atoms with Crippen LogP contribution in [0.5, 0.6) is 0 Å². The molecule has 1 radical (unpaired) electrons. The molecule has 0 rings (SSSR count). The molecule has 0 aromatic rings. The van der Waals surface area contributed by atoms with Crippen LogP contribution in [-0.2, 0) is 4.57 Å². The molecule has 0 aromatic carbocycles. The van der Waals surface area contributed by atoms with Crippen LogP contribution in [0.4, 0.5) is 0 Å². The van der Waals surface area contributed by atoms with E-state index in [4.69, 9.17) is 14.4 Å². The van der Waals surface area contributed by atoms with E-state index in [1.807, 2.05) is 0 Å². The summed E-state index contributed by atoms with van der Waals surface area (Å²) in [7, 11) is 0. The van der Waals surface area contributed by atoms with Gasteiger partial charge in [-0.05, 0) is 0 Å². The molecule has 0 aromatic heterocycles. The number of rotatable bonds is 0. The standard InChI is InChI=1S/H2O3PSe/c1-4(2,3)5/h(H2,1,2,3)/p-1. The Labute approximate surface area is 37.0 Å². The van der Waals surface area contributed by atoms with Crippen LogP contribution in [0.2, 0.25) is 0 Å². The molecule has 1 atom stereocenters. The van der Waals surface area contributed by atoms with Gasteiger partial charge < -0.3 is 0 Å². The third-order valence-electron chi connectivity index (χ3n) is 0. The Balaban J connectivity index is 3.47. The molecule has 0 amide bonds. The minimum absolute atomic E-state index is 1.53. The minimum atomic E-state index is -4.01. The Morgan fingerprint density at radius 1 is 2.00 bits per heavy atom. The Hall–Kier alpha value is 0.669. The monoisotopic (exact) mass is 160 g/mol. The van der Waals surface area contributed by atoms with Gasteiger partial charge in [0.1, 0.15) is 0 Å². The Kier molecular flexibility index (Phi) is 1.60. The molecule has 1 N–H and O–H groups in total. The van der Waals surface area contributed by atoms with Crippen LogP contribution in [0.3, 0.4) is 0 Å². The summed E-state index contributed by atoms with van der Waals surface area (Å²) in [4.78, 5) is 16.6. The maximum absolute atomic E-state index is 9.16. The first-order valence-electron chi connectivity index (χ1n) is 0.748. The normalized spacial score (nSPS) is 21.4. The SMILES string of the molecule is O=P([O-])(O)[Se]. The predicted molar refractivity (Wildman–Crippen MR) is 15.6 cm³/mol. The van der Waals surface area contributed by atoms with Crippen molar-refractivity contribution in [3.8, 4) is 0 Å². The average Bonchev–Trinajstić information content (AvgIpc) is 0.722. The Bertz CT molecular complexity index is 53.0. The van der Waals surface area contributed by atoms with Gasteiger partial charge in [0.2, 0.25) is 0 Å². The molecule has 0 heterocycles. The summed E-state index contributed by atoms with van der Waals surface area (Å²) >= 11 is 1.53. The predicted octanol–water partition coefficient (Wildman–Crippen LogP) is -1.38. The summed E-state index contributed by atoms with van der Waals surface area (Å²) < 4.78 is 9.16. The van der Waals surface area contributed by atoms with Gasteiger partial charge in [0.25, 0.3) is 0 Å². The van der Waals surface area contributed by atoms with Crippen LogP contribution in [0.15, 0.2) is 0 Å². The van der Waals surface area contributed by atoms with E-state index >= 15 is 0 Å². The van der Waals surface area contributed by atoms with Crippen LogP contribution in [-0.4, -0.2) is 20.5 Å². The molecule has 3 nitrogen and oxygen atoms in total. The molecule has 31 valence electrons. The first-order chi connectivity index (χ1) is 2.00. The second kappa shape index (κ2) is 1.41. The van der Waals surface area contributed by atoms with Gasteiger partial charge in [-0.1, -0.05) is 0 Å². The summed E-state index contributed by atoms with van der Waals surface area (Å²) in [5.74, 6) is 0. The van der Waals surface area contributed by atoms with Gasteiger partial charge in [-0.2, -0.15) is 0 Å². The fourth-order valence-corrected chi connectivity index (χ4v) is 0. The van der Waals surface area contributed by atoms with Crippen molar-refractivity contribution in [1.82, 2.24) is 0 Å². The molecule has 0 fully saturated rings. The van der Waals surface area contributed by atoms with Gasteiger partial charge in [0, 0.05) is 0 Å². The fourth-order valence-electron chi connectivity index (χ4n) is 0. The van der Waals surface area contributed by atoms with Crippen molar-refractivity contribution >= 4 is 21.9 Å². The Morgan fingerprint density at radius 3 is 2.00 bits per heavy atom. The average molecular weight is 159 g/mol. The molecular weight excluding hydrogens is 158 g/mol. The van der Waals surface area contributed by atoms with Crippen molar-refractivity contribution in [1.29, 1.82) is 0 Å².